The first kappa shape index (κ1) is 22.3. The maximum absolute atomic E-state index is 10.7. The number of unbranched alkanes of at least 4 members (excludes halogenated alkanes) is 1. The standard InChI is InChI=1S/C23H30ClN3O3/c24-20-10-6-7-18(15-20)16-21(27-13-12-25-17-27)23(19-8-2-1-3-9-19)26-30-14-5-4-11-22(28)29/h6-7,10,12-13,15,17,19,21H,1-5,8-9,11,14,16H2,(H,28,29)/b26-23-. The lowest BCUT2D eigenvalue weighted by Crippen LogP contribution is -2.29. The summed E-state index contributed by atoms with van der Waals surface area (Å²) in [5, 5.41) is 14.1. The molecule has 0 radical (unpaired) electrons. The summed E-state index contributed by atoms with van der Waals surface area (Å²) in [6.45, 7) is 0.428. The molecule has 1 N–H and O–H groups in total. The molecule has 7 heteroatoms. The average Bonchev–Trinajstić information content (AvgIpc) is 3.27. The number of carboxylic acid groups (broad SMARTS) is 1. The number of aromatic nitrogens is 2. The van der Waals surface area contributed by atoms with Crippen molar-refractivity contribution in [2.24, 2.45) is 11.1 Å². The Morgan fingerprint density at radius 3 is 2.83 bits per heavy atom. The largest absolute Gasteiger partial charge is 0.481 e. The minimum Gasteiger partial charge on any atom is -0.481 e. The van der Waals surface area contributed by atoms with Crippen LogP contribution in [0.2, 0.25) is 5.02 Å². The van der Waals surface area contributed by atoms with Gasteiger partial charge >= 0.3 is 5.97 Å². The predicted molar refractivity (Wildman–Crippen MR) is 118 cm³/mol. The fraction of sp³-hybridized carbons (Fsp3) is 0.522. The molecule has 1 aliphatic rings. The molecule has 6 nitrogen and oxygen atoms in total. The minimum absolute atomic E-state index is 0.00749. The molecule has 2 aromatic rings. The van der Waals surface area contributed by atoms with Gasteiger partial charge in [0, 0.05) is 29.8 Å². The van der Waals surface area contributed by atoms with Crippen LogP contribution in [0.25, 0.3) is 0 Å². The van der Waals surface area contributed by atoms with Crippen LogP contribution in [0.5, 0.6) is 0 Å². The van der Waals surface area contributed by atoms with Gasteiger partial charge in [-0.15, -0.1) is 0 Å². The molecule has 0 spiro atoms. The Kier molecular flexibility index (Phi) is 8.75. The van der Waals surface area contributed by atoms with Crippen molar-refractivity contribution in [2.75, 3.05) is 6.61 Å². The number of benzene rings is 1. The molecule has 1 saturated carbocycles. The van der Waals surface area contributed by atoms with Crippen LogP contribution in [0.1, 0.15) is 63.0 Å². The second-order valence-electron chi connectivity index (χ2n) is 7.89. The smallest absolute Gasteiger partial charge is 0.303 e. The number of aliphatic carboxylic acids is 1. The summed E-state index contributed by atoms with van der Waals surface area (Å²) in [5.41, 5.74) is 2.19. The van der Waals surface area contributed by atoms with E-state index in [1.54, 1.807) is 6.20 Å². The third-order valence-electron chi connectivity index (χ3n) is 5.61. The van der Waals surface area contributed by atoms with Gasteiger partial charge in [0.05, 0.1) is 18.1 Å². The lowest BCUT2D eigenvalue weighted by atomic mass is 9.82. The monoisotopic (exact) mass is 431 g/mol. The molecule has 0 amide bonds. The first-order valence-corrected chi connectivity index (χ1v) is 11.1. The Bertz CT molecular complexity index is 817. The van der Waals surface area contributed by atoms with Gasteiger partial charge in [0.25, 0.3) is 0 Å². The summed E-state index contributed by atoms with van der Waals surface area (Å²) < 4.78 is 2.10. The van der Waals surface area contributed by atoms with E-state index in [1.807, 2.05) is 30.7 Å². The van der Waals surface area contributed by atoms with E-state index in [1.165, 1.54) is 19.3 Å². The van der Waals surface area contributed by atoms with Crippen LogP contribution in [-0.2, 0) is 16.1 Å². The predicted octanol–water partition coefficient (Wildman–Crippen LogP) is 5.53. The highest BCUT2D eigenvalue weighted by Crippen LogP contribution is 2.31. The molecule has 1 aliphatic carbocycles. The van der Waals surface area contributed by atoms with Crippen molar-refractivity contribution < 1.29 is 14.7 Å². The normalized spacial score (nSPS) is 16.4. The summed E-state index contributed by atoms with van der Waals surface area (Å²) >= 11 is 6.22. The van der Waals surface area contributed by atoms with E-state index < -0.39 is 5.97 Å². The lowest BCUT2D eigenvalue weighted by molar-refractivity contribution is -0.137. The number of nitrogens with zero attached hydrogens (tertiary/aromatic N) is 3. The Morgan fingerprint density at radius 2 is 2.13 bits per heavy atom. The Labute approximate surface area is 182 Å². The number of hydrogen-bond donors (Lipinski definition) is 1. The number of hydrogen-bond acceptors (Lipinski definition) is 4. The van der Waals surface area contributed by atoms with Crippen molar-refractivity contribution in [3.63, 3.8) is 0 Å². The van der Waals surface area contributed by atoms with E-state index >= 15 is 0 Å². The summed E-state index contributed by atoms with van der Waals surface area (Å²) in [6, 6.07) is 7.94. The van der Waals surface area contributed by atoms with Crippen molar-refractivity contribution >= 4 is 23.3 Å². The Balaban J connectivity index is 1.79. The summed E-state index contributed by atoms with van der Waals surface area (Å²) in [4.78, 5) is 20.6. The number of imidazole rings is 1. The van der Waals surface area contributed by atoms with Crippen LogP contribution in [-0.4, -0.2) is 32.9 Å². The molecule has 3 rings (SSSR count). The maximum atomic E-state index is 10.7. The van der Waals surface area contributed by atoms with E-state index in [0.29, 0.717) is 25.4 Å². The van der Waals surface area contributed by atoms with E-state index in [-0.39, 0.29) is 12.5 Å². The molecule has 0 bridgehead atoms. The van der Waals surface area contributed by atoms with Crippen molar-refractivity contribution in [2.45, 2.75) is 63.8 Å². The van der Waals surface area contributed by atoms with Gasteiger partial charge in [-0.3, -0.25) is 4.79 Å². The summed E-state index contributed by atoms with van der Waals surface area (Å²) in [5.74, 6) is -0.396. The molecule has 1 aromatic heterocycles. The van der Waals surface area contributed by atoms with E-state index in [9.17, 15) is 4.79 Å². The van der Waals surface area contributed by atoms with Crippen molar-refractivity contribution in [3.8, 4) is 0 Å². The fourth-order valence-electron chi connectivity index (χ4n) is 4.07. The molecule has 1 aromatic carbocycles. The van der Waals surface area contributed by atoms with Gasteiger partial charge < -0.3 is 14.5 Å². The van der Waals surface area contributed by atoms with Gasteiger partial charge in [0.1, 0.15) is 6.61 Å². The van der Waals surface area contributed by atoms with Gasteiger partial charge in [-0.25, -0.2) is 4.98 Å². The SMILES string of the molecule is O=C(O)CCCCO/N=C(/C1CCCCC1)C(Cc1cccc(Cl)c1)n1ccnc1. The number of carboxylic acids is 1. The van der Waals surface area contributed by atoms with E-state index in [2.05, 4.69) is 20.8 Å². The number of rotatable bonds is 11. The second-order valence-corrected chi connectivity index (χ2v) is 8.33. The van der Waals surface area contributed by atoms with Crippen molar-refractivity contribution in [1.29, 1.82) is 0 Å². The van der Waals surface area contributed by atoms with Crippen LogP contribution >= 0.6 is 11.6 Å². The zero-order chi connectivity index (χ0) is 21.2. The van der Waals surface area contributed by atoms with Gasteiger partial charge in [-0.1, -0.05) is 48.2 Å². The van der Waals surface area contributed by atoms with Crippen LogP contribution < -0.4 is 0 Å². The topological polar surface area (TPSA) is 76.7 Å². The van der Waals surface area contributed by atoms with Gasteiger partial charge in [0.15, 0.2) is 0 Å². The van der Waals surface area contributed by atoms with Crippen LogP contribution in [0.4, 0.5) is 0 Å². The highest BCUT2D eigenvalue weighted by molar-refractivity contribution is 6.30. The van der Waals surface area contributed by atoms with Crippen molar-refractivity contribution in [1.82, 2.24) is 9.55 Å². The first-order chi connectivity index (χ1) is 14.6. The minimum atomic E-state index is -0.775. The van der Waals surface area contributed by atoms with Gasteiger partial charge in [-0.05, 0) is 49.8 Å². The Morgan fingerprint density at radius 1 is 1.30 bits per heavy atom. The Hall–Kier alpha value is -2.34. The third kappa shape index (κ3) is 6.87. The molecule has 162 valence electrons. The molecular formula is C23H30ClN3O3. The molecule has 1 unspecified atom stereocenters. The molecule has 0 aliphatic heterocycles. The highest BCUT2D eigenvalue weighted by Gasteiger charge is 2.28. The van der Waals surface area contributed by atoms with Crippen LogP contribution in [0.15, 0.2) is 48.1 Å². The van der Waals surface area contributed by atoms with E-state index in [4.69, 9.17) is 21.5 Å². The van der Waals surface area contributed by atoms with Crippen LogP contribution in [0.3, 0.4) is 0 Å². The van der Waals surface area contributed by atoms with Crippen molar-refractivity contribution in [3.05, 3.63) is 53.6 Å². The molecular weight excluding hydrogens is 402 g/mol. The number of oxime groups is 1. The van der Waals surface area contributed by atoms with Gasteiger partial charge in [-0.2, -0.15) is 0 Å². The second kappa shape index (κ2) is 11.7. The maximum Gasteiger partial charge on any atom is 0.303 e. The average molecular weight is 432 g/mol. The zero-order valence-electron chi connectivity index (χ0n) is 17.3. The van der Waals surface area contributed by atoms with E-state index in [0.717, 1.165) is 35.6 Å². The number of halogens is 1. The third-order valence-corrected chi connectivity index (χ3v) is 5.85. The lowest BCUT2D eigenvalue weighted by Gasteiger charge is -2.29. The first-order valence-electron chi connectivity index (χ1n) is 10.8. The summed E-state index contributed by atoms with van der Waals surface area (Å²) in [7, 11) is 0. The molecule has 1 fully saturated rings. The number of carbonyl (C=O) groups is 1. The quantitative estimate of drug-likeness (QED) is 0.288. The molecule has 0 saturated heterocycles. The molecule has 1 atom stereocenters. The summed E-state index contributed by atoms with van der Waals surface area (Å²) in [6.07, 6.45) is 13.7. The fourth-order valence-corrected chi connectivity index (χ4v) is 4.29. The van der Waals surface area contributed by atoms with Gasteiger partial charge in [0.2, 0.25) is 0 Å². The highest BCUT2D eigenvalue weighted by atomic mass is 35.5. The molecule has 1 heterocycles. The zero-order valence-corrected chi connectivity index (χ0v) is 18.0. The van der Waals surface area contributed by atoms with Crippen LogP contribution in [0, 0.1) is 5.92 Å². The molecule has 30 heavy (non-hydrogen) atoms.